The smallest absolute Gasteiger partial charge is 0.328 e. The van der Waals surface area contributed by atoms with Crippen LogP contribution < -0.4 is 10.2 Å². The van der Waals surface area contributed by atoms with Gasteiger partial charge in [0.15, 0.2) is 6.39 Å². The Bertz CT molecular complexity index is 1540. The first kappa shape index (κ1) is 25.1. The zero-order chi connectivity index (χ0) is 27.1. The van der Waals surface area contributed by atoms with Gasteiger partial charge in [-0.3, -0.25) is 24.9 Å². The van der Waals surface area contributed by atoms with Crippen LogP contribution in [0, 0.1) is 5.82 Å². The summed E-state index contributed by atoms with van der Waals surface area (Å²) in [7, 11) is 0. The van der Waals surface area contributed by atoms with Gasteiger partial charge in [-0.2, -0.15) is 0 Å². The van der Waals surface area contributed by atoms with Crippen molar-refractivity contribution in [1.82, 2.24) is 20.2 Å². The third-order valence-corrected chi connectivity index (χ3v) is 7.67. The molecule has 2 fully saturated rings. The maximum Gasteiger partial charge on any atom is 0.328 e. The van der Waals surface area contributed by atoms with Gasteiger partial charge >= 0.3 is 6.03 Å². The summed E-state index contributed by atoms with van der Waals surface area (Å²) in [5.74, 6) is -1.19. The third kappa shape index (κ3) is 4.88. The number of fused-ring (bicyclic) bond motifs is 1. The number of β-amino-alcohol motifs (C(OH)–C–C–N with tert-alkyl or cyclic N) is 1. The molecule has 0 spiro atoms. The average molecular weight is 530 g/mol. The van der Waals surface area contributed by atoms with Gasteiger partial charge in [0.25, 0.3) is 0 Å². The molecule has 2 N–H and O–H groups in total. The number of rotatable bonds is 5. The topological polar surface area (TPSA) is 112 Å². The van der Waals surface area contributed by atoms with Crippen molar-refractivity contribution in [2.24, 2.45) is 0 Å². The van der Waals surface area contributed by atoms with E-state index < -0.39 is 23.4 Å². The van der Waals surface area contributed by atoms with Gasteiger partial charge in [0.2, 0.25) is 5.91 Å². The molecule has 3 amide bonds. The van der Waals surface area contributed by atoms with Gasteiger partial charge in [-0.25, -0.2) is 14.2 Å². The van der Waals surface area contributed by atoms with Crippen molar-refractivity contribution in [2.45, 2.75) is 37.8 Å². The quantitative estimate of drug-likeness (QED) is 0.398. The highest BCUT2D eigenvalue weighted by Gasteiger charge is 2.40. The van der Waals surface area contributed by atoms with E-state index in [9.17, 15) is 14.7 Å². The number of pyridine rings is 1. The number of nitrogens with zero attached hydrogens (tertiary/aromatic N) is 4. The molecule has 2 aliphatic heterocycles. The van der Waals surface area contributed by atoms with E-state index in [1.54, 1.807) is 31.4 Å². The number of carbonyl (C=O) groups excluding carboxylic acids is 2. The monoisotopic (exact) mass is 529 g/mol. The number of aliphatic hydroxyl groups is 1. The number of likely N-dealkylation sites (tertiary alicyclic amines) is 1. The summed E-state index contributed by atoms with van der Waals surface area (Å²) < 4.78 is 21.0. The highest BCUT2D eigenvalue weighted by Crippen LogP contribution is 2.39. The van der Waals surface area contributed by atoms with E-state index >= 15 is 4.39 Å². The Morgan fingerprint density at radius 2 is 1.97 bits per heavy atom. The first-order valence-electron chi connectivity index (χ1n) is 12.9. The van der Waals surface area contributed by atoms with Gasteiger partial charge in [-0.05, 0) is 43.1 Å². The number of halogens is 1. The molecule has 2 saturated heterocycles. The third-order valence-electron chi connectivity index (χ3n) is 7.67. The first-order chi connectivity index (χ1) is 18.8. The predicted octanol–water partition coefficient (Wildman–Crippen LogP) is 4.22. The van der Waals surface area contributed by atoms with Crippen LogP contribution in [0.5, 0.6) is 0 Å². The Morgan fingerprint density at radius 3 is 2.69 bits per heavy atom. The van der Waals surface area contributed by atoms with Crippen molar-refractivity contribution in [3.05, 3.63) is 78.3 Å². The number of carbonyl (C=O) groups is 2. The Morgan fingerprint density at radius 1 is 1.15 bits per heavy atom. The van der Waals surface area contributed by atoms with Crippen LogP contribution >= 0.6 is 0 Å². The van der Waals surface area contributed by atoms with Crippen molar-refractivity contribution in [3.8, 4) is 11.3 Å². The zero-order valence-corrected chi connectivity index (χ0v) is 21.4. The molecule has 4 aromatic rings. The fourth-order valence-corrected chi connectivity index (χ4v) is 5.68. The van der Waals surface area contributed by atoms with E-state index in [2.05, 4.69) is 20.2 Å². The molecule has 0 radical (unpaired) electrons. The molecule has 2 unspecified atom stereocenters. The molecule has 4 heterocycles. The van der Waals surface area contributed by atoms with Crippen molar-refractivity contribution in [3.63, 3.8) is 0 Å². The number of hydrogen-bond donors (Lipinski definition) is 2. The summed E-state index contributed by atoms with van der Waals surface area (Å²) in [6.07, 6.45) is 5.26. The van der Waals surface area contributed by atoms with Crippen LogP contribution in [0.2, 0.25) is 0 Å². The molecular weight excluding hydrogens is 501 g/mol. The second-order valence-electron chi connectivity index (χ2n) is 10.5. The van der Waals surface area contributed by atoms with Crippen LogP contribution in [0.4, 0.5) is 14.9 Å². The van der Waals surface area contributed by atoms with Crippen molar-refractivity contribution >= 4 is 28.5 Å². The number of nitrogens with one attached hydrogen (secondary N) is 1. The van der Waals surface area contributed by atoms with Crippen LogP contribution in [-0.4, -0.2) is 57.1 Å². The summed E-state index contributed by atoms with van der Waals surface area (Å²) in [5.41, 5.74) is 3.00. The SMILES string of the molecule is CC1(O)CN(Cc2ccc(-c3cocn3)cc2)CCC1c1ccc2ncc(N3CCC(=O)NC3=O)cc2c1F. The Balaban J connectivity index is 1.20. The molecule has 200 valence electrons. The molecule has 2 aromatic heterocycles. The lowest BCUT2D eigenvalue weighted by molar-refractivity contribution is -0.120. The lowest BCUT2D eigenvalue weighted by Crippen LogP contribution is -2.50. The van der Waals surface area contributed by atoms with Gasteiger partial charge in [0, 0.05) is 42.9 Å². The van der Waals surface area contributed by atoms with E-state index in [1.807, 2.05) is 24.3 Å². The summed E-state index contributed by atoms with van der Waals surface area (Å²) in [6, 6.07) is 12.6. The van der Waals surface area contributed by atoms with Gasteiger partial charge in [-0.1, -0.05) is 30.3 Å². The maximum absolute atomic E-state index is 16.0. The Labute approximate surface area is 224 Å². The fourth-order valence-electron chi connectivity index (χ4n) is 5.68. The molecule has 0 saturated carbocycles. The van der Waals surface area contributed by atoms with E-state index in [0.29, 0.717) is 42.8 Å². The van der Waals surface area contributed by atoms with E-state index in [0.717, 1.165) is 16.8 Å². The Hall–Kier alpha value is -4.15. The number of oxazole rings is 1. The molecule has 39 heavy (non-hydrogen) atoms. The van der Waals surface area contributed by atoms with E-state index in [4.69, 9.17) is 4.42 Å². The minimum atomic E-state index is -1.16. The molecule has 6 rings (SSSR count). The van der Waals surface area contributed by atoms with Crippen molar-refractivity contribution in [2.75, 3.05) is 24.5 Å². The van der Waals surface area contributed by atoms with E-state index in [1.165, 1.54) is 17.5 Å². The lowest BCUT2D eigenvalue weighted by atomic mass is 9.77. The molecule has 2 atom stereocenters. The largest absolute Gasteiger partial charge is 0.451 e. The lowest BCUT2D eigenvalue weighted by Gasteiger charge is -2.43. The number of urea groups is 1. The van der Waals surface area contributed by atoms with Crippen LogP contribution in [0.1, 0.15) is 36.8 Å². The molecule has 10 heteroatoms. The van der Waals surface area contributed by atoms with Crippen molar-refractivity contribution in [1.29, 1.82) is 0 Å². The molecule has 0 aliphatic carbocycles. The normalized spacial score (nSPS) is 22.3. The minimum Gasteiger partial charge on any atom is -0.451 e. The first-order valence-corrected chi connectivity index (χ1v) is 12.9. The Kier molecular flexibility index (Phi) is 6.36. The van der Waals surface area contributed by atoms with Crippen LogP contribution in [0.25, 0.3) is 22.2 Å². The number of hydrogen-bond acceptors (Lipinski definition) is 7. The molecular formula is C29H28FN5O4. The molecule has 9 nitrogen and oxygen atoms in total. The predicted molar refractivity (Wildman–Crippen MR) is 142 cm³/mol. The van der Waals surface area contributed by atoms with Gasteiger partial charge in [0.05, 0.1) is 23.0 Å². The summed E-state index contributed by atoms with van der Waals surface area (Å²) >= 11 is 0. The summed E-state index contributed by atoms with van der Waals surface area (Å²) in [5, 5.41) is 14.0. The fraction of sp³-hybridized carbons (Fsp3) is 0.310. The average Bonchev–Trinajstić information content (AvgIpc) is 3.45. The van der Waals surface area contributed by atoms with E-state index in [-0.39, 0.29) is 24.3 Å². The number of amides is 3. The summed E-state index contributed by atoms with van der Waals surface area (Å²) in [6.45, 7) is 3.71. The number of imide groups is 1. The van der Waals surface area contributed by atoms with Gasteiger partial charge in [-0.15, -0.1) is 0 Å². The second-order valence-corrected chi connectivity index (χ2v) is 10.5. The number of anilines is 1. The highest BCUT2D eigenvalue weighted by atomic mass is 19.1. The standard InChI is InChI=1S/C29H28FN5O4/c1-29(38)16-34(14-18-2-4-19(5-3-18)25-15-39-17-32-25)10-8-23(29)21-6-7-24-22(27(21)30)12-20(13-31-24)35-11-9-26(36)33-28(35)37/h2-7,12-13,15,17,23,38H,8-11,14,16H2,1H3,(H,33,36,37). The van der Waals surface area contributed by atoms with Crippen LogP contribution in [-0.2, 0) is 11.3 Å². The van der Waals surface area contributed by atoms with Gasteiger partial charge in [0.1, 0.15) is 17.8 Å². The second kappa shape index (κ2) is 9.87. The van der Waals surface area contributed by atoms with Crippen molar-refractivity contribution < 1.29 is 23.5 Å². The number of piperidine rings is 1. The summed E-state index contributed by atoms with van der Waals surface area (Å²) in [4.78, 5) is 35.9. The molecule has 2 aliphatic rings. The zero-order valence-electron chi connectivity index (χ0n) is 21.4. The number of aromatic nitrogens is 2. The van der Waals surface area contributed by atoms with Gasteiger partial charge < -0.3 is 9.52 Å². The number of benzene rings is 2. The minimum absolute atomic E-state index is 0.166. The van der Waals surface area contributed by atoms with Crippen LogP contribution in [0.3, 0.4) is 0 Å². The maximum atomic E-state index is 16.0. The van der Waals surface area contributed by atoms with Crippen LogP contribution in [0.15, 0.2) is 65.7 Å². The molecule has 2 aromatic carbocycles. The molecule has 0 bridgehead atoms. The highest BCUT2D eigenvalue weighted by molar-refractivity contribution is 6.06.